The summed E-state index contributed by atoms with van der Waals surface area (Å²) >= 11 is 0.984. The number of anilines is 2. The number of thioether (sulfide) groups is 1. The van der Waals surface area contributed by atoms with Gasteiger partial charge in [0.25, 0.3) is 11.1 Å². The number of ether oxygens (including phenoxy) is 1. The molecule has 27 heavy (non-hydrogen) atoms. The van der Waals surface area contributed by atoms with Crippen LogP contribution < -0.4 is 9.80 Å². The molecule has 2 heterocycles. The second kappa shape index (κ2) is 7.58. The van der Waals surface area contributed by atoms with Gasteiger partial charge in [-0.3, -0.25) is 9.59 Å². The molecule has 0 aromatic heterocycles. The molecule has 0 atom stereocenters. The molecule has 2 aromatic carbocycles. The smallest absolute Gasteiger partial charge is 0.298 e. The van der Waals surface area contributed by atoms with Gasteiger partial charge in [-0.15, -0.1) is 0 Å². The summed E-state index contributed by atoms with van der Waals surface area (Å²) in [6.07, 6.45) is 1.81. The van der Waals surface area contributed by atoms with E-state index < -0.39 is 0 Å². The zero-order valence-electron chi connectivity index (χ0n) is 15.1. The predicted molar refractivity (Wildman–Crippen MR) is 109 cm³/mol. The number of hydrogen-bond donors (Lipinski definition) is 0. The van der Waals surface area contributed by atoms with Crippen molar-refractivity contribution in [1.82, 2.24) is 0 Å². The first-order valence-electron chi connectivity index (χ1n) is 8.90. The summed E-state index contributed by atoms with van der Waals surface area (Å²) in [6, 6.07) is 15.2. The fraction of sp³-hybridized carbons (Fsp3) is 0.238. The fourth-order valence-electron chi connectivity index (χ4n) is 3.25. The number of hydrogen-bond acceptors (Lipinski definition) is 5. The number of benzene rings is 2. The molecule has 2 aliphatic rings. The van der Waals surface area contributed by atoms with Crippen LogP contribution in [0.4, 0.5) is 16.2 Å². The lowest BCUT2D eigenvalue weighted by Gasteiger charge is -2.29. The van der Waals surface area contributed by atoms with Crippen molar-refractivity contribution in [3.8, 4) is 0 Å². The van der Waals surface area contributed by atoms with Crippen LogP contribution in [0.1, 0.15) is 11.1 Å². The minimum Gasteiger partial charge on any atom is -0.378 e. The molecular formula is C21H20N2O3S. The highest BCUT2D eigenvalue weighted by Gasteiger charge is 2.36. The van der Waals surface area contributed by atoms with Gasteiger partial charge in [-0.05, 0) is 60.2 Å². The molecule has 0 bridgehead atoms. The van der Waals surface area contributed by atoms with Gasteiger partial charge in [-0.2, -0.15) is 0 Å². The Morgan fingerprint density at radius 2 is 1.74 bits per heavy atom. The van der Waals surface area contributed by atoms with E-state index >= 15 is 0 Å². The molecule has 138 valence electrons. The van der Waals surface area contributed by atoms with Gasteiger partial charge >= 0.3 is 0 Å². The summed E-state index contributed by atoms with van der Waals surface area (Å²) < 4.78 is 5.40. The van der Waals surface area contributed by atoms with E-state index in [1.54, 1.807) is 12.1 Å². The molecule has 2 saturated heterocycles. The number of amides is 2. The highest BCUT2D eigenvalue weighted by atomic mass is 32.2. The molecule has 2 fully saturated rings. The van der Waals surface area contributed by atoms with Crippen molar-refractivity contribution >= 4 is 40.4 Å². The van der Waals surface area contributed by atoms with Gasteiger partial charge in [0.05, 0.1) is 23.8 Å². The molecule has 0 N–H and O–H groups in total. The van der Waals surface area contributed by atoms with E-state index in [1.807, 2.05) is 37.3 Å². The first kappa shape index (κ1) is 17.8. The van der Waals surface area contributed by atoms with Gasteiger partial charge in [0.1, 0.15) is 0 Å². The van der Waals surface area contributed by atoms with Crippen LogP contribution in [0.15, 0.2) is 53.4 Å². The maximum absolute atomic E-state index is 12.7. The largest absolute Gasteiger partial charge is 0.378 e. The Bertz CT molecular complexity index is 905. The number of para-hydroxylation sites is 1. The SMILES string of the molecule is Cc1cc(N2CCOCC2)ccc1/C=C1\SC(=O)N(c2ccccc2)C1=O. The van der Waals surface area contributed by atoms with Gasteiger partial charge in [0, 0.05) is 18.8 Å². The molecule has 0 aliphatic carbocycles. The van der Waals surface area contributed by atoms with Gasteiger partial charge in [-0.25, -0.2) is 4.90 Å². The number of rotatable bonds is 3. The monoisotopic (exact) mass is 380 g/mol. The fourth-order valence-corrected chi connectivity index (χ4v) is 4.08. The van der Waals surface area contributed by atoms with Gasteiger partial charge in [-0.1, -0.05) is 24.3 Å². The van der Waals surface area contributed by atoms with E-state index in [0.29, 0.717) is 10.6 Å². The van der Waals surface area contributed by atoms with Crippen molar-refractivity contribution in [3.63, 3.8) is 0 Å². The van der Waals surface area contributed by atoms with E-state index in [0.717, 1.165) is 54.9 Å². The van der Waals surface area contributed by atoms with Crippen molar-refractivity contribution < 1.29 is 14.3 Å². The highest BCUT2D eigenvalue weighted by molar-refractivity contribution is 8.19. The first-order valence-corrected chi connectivity index (χ1v) is 9.71. The maximum Gasteiger partial charge on any atom is 0.298 e. The topological polar surface area (TPSA) is 49.9 Å². The molecule has 2 aromatic rings. The summed E-state index contributed by atoms with van der Waals surface area (Å²) in [5, 5.41) is -0.264. The summed E-state index contributed by atoms with van der Waals surface area (Å²) in [5.74, 6) is -0.271. The van der Waals surface area contributed by atoms with Crippen LogP contribution >= 0.6 is 11.8 Å². The summed E-state index contributed by atoms with van der Waals surface area (Å²) in [5.41, 5.74) is 3.78. The first-order chi connectivity index (χ1) is 13.1. The van der Waals surface area contributed by atoms with E-state index in [9.17, 15) is 9.59 Å². The quantitative estimate of drug-likeness (QED) is 0.751. The van der Waals surface area contributed by atoms with Gasteiger partial charge in [0.2, 0.25) is 0 Å². The van der Waals surface area contributed by atoms with Crippen LogP contribution in [-0.4, -0.2) is 37.4 Å². The van der Waals surface area contributed by atoms with Crippen LogP contribution in [0, 0.1) is 6.92 Å². The third-order valence-corrected chi connectivity index (χ3v) is 5.59. The summed E-state index contributed by atoms with van der Waals surface area (Å²) in [7, 11) is 0. The van der Waals surface area contributed by atoms with Gasteiger partial charge < -0.3 is 9.64 Å². The molecule has 2 amide bonds. The lowest BCUT2D eigenvalue weighted by Crippen LogP contribution is -2.36. The number of imide groups is 1. The number of morpholine rings is 1. The Morgan fingerprint density at radius 1 is 1.00 bits per heavy atom. The standard InChI is InChI=1S/C21H20N2O3S/c1-15-13-18(22-9-11-26-12-10-22)8-7-16(15)14-19-20(24)23(21(25)27-19)17-5-3-2-4-6-17/h2-8,13-14H,9-12H2,1H3/b19-14-. The number of aryl methyl sites for hydroxylation is 1. The molecule has 4 rings (SSSR count). The van der Waals surface area contributed by atoms with Crippen molar-refractivity contribution in [2.45, 2.75) is 6.92 Å². The molecular weight excluding hydrogens is 360 g/mol. The average molecular weight is 380 g/mol. The van der Waals surface area contributed by atoms with Crippen molar-refractivity contribution in [1.29, 1.82) is 0 Å². The Morgan fingerprint density at radius 3 is 2.44 bits per heavy atom. The minimum atomic E-state index is -0.271. The van der Waals surface area contributed by atoms with Crippen LogP contribution in [0.2, 0.25) is 0 Å². The average Bonchev–Trinajstić information content (AvgIpc) is 2.98. The van der Waals surface area contributed by atoms with Crippen LogP contribution in [0.3, 0.4) is 0 Å². The van der Waals surface area contributed by atoms with Crippen molar-refractivity contribution in [3.05, 3.63) is 64.6 Å². The van der Waals surface area contributed by atoms with Gasteiger partial charge in [0.15, 0.2) is 0 Å². The number of carbonyl (C=O) groups is 2. The van der Waals surface area contributed by atoms with Crippen molar-refractivity contribution in [2.24, 2.45) is 0 Å². The molecule has 0 unspecified atom stereocenters. The highest BCUT2D eigenvalue weighted by Crippen LogP contribution is 2.36. The Kier molecular flexibility index (Phi) is 5.01. The number of carbonyl (C=O) groups excluding carboxylic acids is 2. The molecule has 2 aliphatic heterocycles. The third kappa shape index (κ3) is 3.63. The van der Waals surface area contributed by atoms with Crippen molar-refractivity contribution in [2.75, 3.05) is 36.1 Å². The lowest BCUT2D eigenvalue weighted by molar-refractivity contribution is -0.113. The molecule has 0 spiro atoms. The molecule has 0 saturated carbocycles. The Balaban J connectivity index is 1.58. The molecule has 0 radical (unpaired) electrons. The second-order valence-corrected chi connectivity index (χ2v) is 7.49. The summed E-state index contributed by atoms with van der Waals surface area (Å²) in [6.45, 7) is 5.28. The second-order valence-electron chi connectivity index (χ2n) is 6.49. The van der Waals surface area contributed by atoms with Crippen LogP contribution in [0.25, 0.3) is 6.08 Å². The van der Waals surface area contributed by atoms with E-state index in [1.165, 1.54) is 4.90 Å². The Labute approximate surface area is 162 Å². The zero-order chi connectivity index (χ0) is 18.8. The minimum absolute atomic E-state index is 0.264. The van der Waals surface area contributed by atoms with E-state index in [2.05, 4.69) is 17.0 Å². The van der Waals surface area contributed by atoms with Crippen LogP contribution in [0.5, 0.6) is 0 Å². The predicted octanol–water partition coefficient (Wildman–Crippen LogP) is 4.07. The van der Waals surface area contributed by atoms with Crippen LogP contribution in [-0.2, 0) is 9.53 Å². The Hall–Kier alpha value is -2.57. The lowest BCUT2D eigenvalue weighted by atomic mass is 10.1. The number of nitrogens with zero attached hydrogens (tertiary/aromatic N) is 2. The van der Waals surface area contributed by atoms with E-state index in [-0.39, 0.29) is 11.1 Å². The van der Waals surface area contributed by atoms with E-state index in [4.69, 9.17) is 4.74 Å². The molecule has 6 heteroatoms. The maximum atomic E-state index is 12.7. The third-order valence-electron chi connectivity index (χ3n) is 4.72. The zero-order valence-corrected chi connectivity index (χ0v) is 15.9. The summed E-state index contributed by atoms with van der Waals surface area (Å²) in [4.78, 5) is 29.1. The normalized spacial score (nSPS) is 19.2. The molecule has 5 nitrogen and oxygen atoms in total.